The molecule has 0 radical (unpaired) electrons. The predicted molar refractivity (Wildman–Crippen MR) is 209 cm³/mol. The number of para-hydroxylation sites is 1. The molecule has 51 heavy (non-hydrogen) atoms. The van der Waals surface area contributed by atoms with Crippen LogP contribution in [-0.4, -0.2) is 19.5 Å². The van der Waals surface area contributed by atoms with Crippen LogP contribution in [0.2, 0.25) is 0 Å². The molecule has 0 spiro atoms. The minimum absolute atomic E-state index is 0.473. The summed E-state index contributed by atoms with van der Waals surface area (Å²) >= 11 is 0. The van der Waals surface area contributed by atoms with Crippen molar-refractivity contribution in [1.29, 1.82) is 0 Å². The topological polar surface area (TPSA) is 60.7 Å². The molecule has 0 N–H and O–H groups in total. The van der Waals surface area contributed by atoms with Gasteiger partial charge in [0.25, 0.3) is 0 Å². The molecule has 9 aromatic rings. The normalized spacial score (nSPS) is 14.8. The Kier molecular flexibility index (Phi) is 6.70. The van der Waals surface area contributed by atoms with Crippen LogP contribution in [0.3, 0.4) is 0 Å². The standard InChI is InChI=1S/C45H29N4OP/c50-51(34-18-8-3-9-19-34)40-23-13-11-21-36(40)38-29-28-37-35-20-10-12-22-39(35)49(41(37)42(38)51)45-47-43(32-16-6-2-7-17-32)46-44(48-45)33-26-24-31(25-27-33)30-14-4-1-5-15-30/h1-29H. The number of hydrogen-bond donors (Lipinski definition) is 0. The van der Waals surface area contributed by atoms with Crippen molar-refractivity contribution in [2.75, 3.05) is 0 Å². The lowest BCUT2D eigenvalue weighted by Gasteiger charge is -2.18. The fraction of sp³-hybridized carbons (Fsp3) is 0. The van der Waals surface area contributed by atoms with Crippen LogP contribution in [-0.2, 0) is 4.57 Å². The van der Waals surface area contributed by atoms with Crippen molar-refractivity contribution in [3.8, 4) is 51.0 Å². The molecule has 7 aromatic carbocycles. The monoisotopic (exact) mass is 672 g/mol. The maximum atomic E-state index is 16.0. The molecular formula is C45H29N4OP. The third-order valence-corrected chi connectivity index (χ3v) is 13.1. The number of rotatable bonds is 5. The average Bonchev–Trinajstić information content (AvgIpc) is 3.69. The van der Waals surface area contributed by atoms with Crippen molar-refractivity contribution in [3.05, 3.63) is 176 Å². The molecule has 1 aliphatic rings. The molecule has 6 heteroatoms. The highest BCUT2D eigenvalue weighted by atomic mass is 31.2. The highest BCUT2D eigenvalue weighted by Crippen LogP contribution is 2.54. The Morgan fingerprint density at radius 3 is 1.71 bits per heavy atom. The van der Waals surface area contributed by atoms with Gasteiger partial charge in [-0.05, 0) is 28.3 Å². The van der Waals surface area contributed by atoms with Gasteiger partial charge in [-0.2, -0.15) is 9.97 Å². The van der Waals surface area contributed by atoms with E-state index >= 15 is 4.57 Å². The van der Waals surface area contributed by atoms with E-state index in [1.54, 1.807) is 0 Å². The molecule has 0 saturated heterocycles. The van der Waals surface area contributed by atoms with Gasteiger partial charge in [-0.1, -0.05) is 170 Å². The van der Waals surface area contributed by atoms with Gasteiger partial charge in [-0.3, -0.25) is 4.57 Å². The fourth-order valence-corrected chi connectivity index (χ4v) is 10.8. The fourth-order valence-electron chi connectivity index (χ4n) is 7.54. The van der Waals surface area contributed by atoms with Crippen LogP contribution in [0.5, 0.6) is 0 Å². The maximum Gasteiger partial charge on any atom is 0.238 e. The molecule has 1 atom stereocenters. The first-order chi connectivity index (χ1) is 25.2. The first-order valence-electron chi connectivity index (χ1n) is 17.0. The molecule has 0 aliphatic carbocycles. The number of aromatic nitrogens is 4. The van der Waals surface area contributed by atoms with E-state index < -0.39 is 7.14 Å². The lowest BCUT2D eigenvalue weighted by atomic mass is 10.0. The smallest absolute Gasteiger partial charge is 0.238 e. The first kappa shape index (κ1) is 29.5. The van der Waals surface area contributed by atoms with E-state index in [-0.39, 0.29) is 0 Å². The van der Waals surface area contributed by atoms with Crippen molar-refractivity contribution < 1.29 is 4.57 Å². The minimum Gasteiger partial charge on any atom is -0.309 e. The van der Waals surface area contributed by atoms with Gasteiger partial charge in [0.05, 0.1) is 16.3 Å². The molecule has 2 aromatic heterocycles. The second kappa shape index (κ2) is 11.6. The quantitative estimate of drug-likeness (QED) is 0.171. The minimum atomic E-state index is -3.32. The second-order valence-corrected chi connectivity index (χ2v) is 15.4. The summed E-state index contributed by atoms with van der Waals surface area (Å²) in [7, 11) is -3.32. The van der Waals surface area contributed by atoms with Gasteiger partial charge >= 0.3 is 0 Å². The number of fused-ring (bicyclic) bond motifs is 7. The van der Waals surface area contributed by atoms with Crippen molar-refractivity contribution in [2.24, 2.45) is 0 Å². The van der Waals surface area contributed by atoms with Crippen LogP contribution in [0.25, 0.3) is 72.8 Å². The van der Waals surface area contributed by atoms with Crippen LogP contribution in [0.15, 0.2) is 176 Å². The zero-order valence-electron chi connectivity index (χ0n) is 27.4. The molecule has 3 heterocycles. The summed E-state index contributed by atoms with van der Waals surface area (Å²) in [4.78, 5) is 15.4. The predicted octanol–water partition coefficient (Wildman–Crippen LogP) is 9.59. The van der Waals surface area contributed by atoms with Crippen LogP contribution in [0.4, 0.5) is 0 Å². The van der Waals surface area contributed by atoms with E-state index in [0.717, 1.165) is 71.1 Å². The summed E-state index contributed by atoms with van der Waals surface area (Å²) in [5.74, 6) is 1.60. The lowest BCUT2D eigenvalue weighted by Crippen LogP contribution is -2.22. The molecular weight excluding hydrogens is 643 g/mol. The molecule has 0 amide bonds. The Balaban J connectivity index is 1.29. The SMILES string of the molecule is O=P1(c2ccccc2)c2ccccc2-c2ccc3c4ccccc4n(-c4nc(-c5ccccc5)nc(-c5ccc(-c6ccccc6)cc5)n4)c3c21. The first-order valence-corrected chi connectivity index (χ1v) is 18.7. The highest BCUT2D eigenvalue weighted by Gasteiger charge is 2.43. The Labute approximate surface area is 294 Å². The zero-order valence-corrected chi connectivity index (χ0v) is 28.3. The summed E-state index contributed by atoms with van der Waals surface area (Å²) in [5, 5.41) is 4.53. The Morgan fingerprint density at radius 2 is 0.980 bits per heavy atom. The van der Waals surface area contributed by atoms with E-state index in [4.69, 9.17) is 15.0 Å². The van der Waals surface area contributed by atoms with E-state index in [1.807, 2.05) is 109 Å². The second-order valence-electron chi connectivity index (χ2n) is 12.8. The Morgan fingerprint density at radius 1 is 0.431 bits per heavy atom. The summed E-state index contributed by atoms with van der Waals surface area (Å²) < 4.78 is 18.1. The molecule has 10 rings (SSSR count). The van der Waals surface area contributed by atoms with Crippen molar-refractivity contribution >= 4 is 44.9 Å². The van der Waals surface area contributed by atoms with E-state index in [0.29, 0.717) is 17.6 Å². The average molecular weight is 673 g/mol. The third kappa shape index (κ3) is 4.56. The molecule has 0 saturated carbocycles. The van der Waals surface area contributed by atoms with Crippen LogP contribution >= 0.6 is 7.14 Å². The van der Waals surface area contributed by atoms with Gasteiger partial charge in [0, 0.05) is 32.5 Å². The highest BCUT2D eigenvalue weighted by molar-refractivity contribution is 7.86. The van der Waals surface area contributed by atoms with Crippen molar-refractivity contribution in [1.82, 2.24) is 19.5 Å². The molecule has 5 nitrogen and oxygen atoms in total. The number of nitrogens with zero attached hydrogens (tertiary/aromatic N) is 4. The maximum absolute atomic E-state index is 16.0. The van der Waals surface area contributed by atoms with Crippen LogP contribution in [0.1, 0.15) is 0 Å². The van der Waals surface area contributed by atoms with Crippen molar-refractivity contribution in [3.63, 3.8) is 0 Å². The molecule has 0 bridgehead atoms. The van der Waals surface area contributed by atoms with Gasteiger partial charge < -0.3 is 4.57 Å². The Bertz CT molecular complexity index is 2810. The van der Waals surface area contributed by atoms with Gasteiger partial charge in [0.15, 0.2) is 18.8 Å². The van der Waals surface area contributed by atoms with Crippen molar-refractivity contribution in [2.45, 2.75) is 0 Å². The van der Waals surface area contributed by atoms with Crippen LogP contribution < -0.4 is 15.9 Å². The summed E-state index contributed by atoms with van der Waals surface area (Å²) in [5.41, 5.74) is 7.79. The molecule has 1 unspecified atom stereocenters. The summed E-state index contributed by atoms with van der Waals surface area (Å²) in [6.45, 7) is 0. The molecule has 240 valence electrons. The number of benzene rings is 7. The zero-order chi connectivity index (χ0) is 33.9. The molecule has 1 aliphatic heterocycles. The molecule has 0 fully saturated rings. The van der Waals surface area contributed by atoms with Gasteiger partial charge in [0.1, 0.15) is 0 Å². The van der Waals surface area contributed by atoms with Gasteiger partial charge in [0.2, 0.25) is 5.95 Å². The van der Waals surface area contributed by atoms with Crippen LogP contribution in [0, 0.1) is 0 Å². The van der Waals surface area contributed by atoms with Gasteiger partial charge in [-0.15, -0.1) is 0 Å². The Hall–Kier alpha value is -6.42. The largest absolute Gasteiger partial charge is 0.309 e. The van der Waals surface area contributed by atoms with E-state index in [1.165, 1.54) is 0 Å². The lowest BCUT2D eigenvalue weighted by molar-refractivity contribution is 0.593. The number of hydrogen-bond acceptors (Lipinski definition) is 4. The third-order valence-electron chi connectivity index (χ3n) is 9.88. The summed E-state index contributed by atoms with van der Waals surface area (Å²) in [6.07, 6.45) is 0. The van der Waals surface area contributed by atoms with Gasteiger partial charge in [-0.25, -0.2) is 4.98 Å². The van der Waals surface area contributed by atoms with E-state index in [2.05, 4.69) is 71.3 Å². The van der Waals surface area contributed by atoms with E-state index in [9.17, 15) is 0 Å². The summed E-state index contributed by atoms with van der Waals surface area (Å²) in [6, 6.07) is 59.3.